The summed E-state index contributed by atoms with van der Waals surface area (Å²) in [6.45, 7) is 9.26. The summed E-state index contributed by atoms with van der Waals surface area (Å²) in [6, 6.07) is 17.9. The van der Waals surface area contributed by atoms with Crippen molar-refractivity contribution in [1.29, 1.82) is 0 Å². The average molecular weight is 799 g/mol. The van der Waals surface area contributed by atoms with Gasteiger partial charge < -0.3 is 48.8 Å². The normalized spacial score (nSPS) is 52.4. The second kappa shape index (κ2) is 12.8. The van der Waals surface area contributed by atoms with E-state index in [1.165, 1.54) is 12.2 Å². The monoisotopic (exact) mass is 798 g/mol. The quantitative estimate of drug-likeness (QED) is 0.256. The van der Waals surface area contributed by atoms with E-state index < -0.39 is 106 Å². The third-order valence-electron chi connectivity index (χ3n) is 16.1. The molecule has 0 aromatic heterocycles. The minimum absolute atomic E-state index is 0.0685. The maximum atomic E-state index is 13.7. The summed E-state index contributed by atoms with van der Waals surface area (Å²) in [7, 11) is 0. The maximum Gasteiger partial charge on any atom is 0.338 e. The third-order valence-corrected chi connectivity index (χ3v) is 16.1. The van der Waals surface area contributed by atoms with Crippen LogP contribution in [0.15, 0.2) is 85.0 Å². The van der Waals surface area contributed by atoms with Crippen LogP contribution in [-0.2, 0) is 39.2 Å². The fourth-order valence-electron chi connectivity index (χ4n) is 13.2. The topological polar surface area (TPSA) is 174 Å². The SMILES string of the molecule is C[C@H]1[C@@H]2CC[C@@H]1[C@@H](OC(=O)c1ccccc1)C=CC=CC(=O)O[C@H]1[C@@H](C)C[C@@H]3[C@]1(O)[C@H](O)[C@@]1(C)O[C@H]1[C@H]1[C@H]4O[C@]5(c6ccccc6)O[C@@H]([C@@H](C)[C@@]13O5)[C@@]4(O)[C@](C)(O)C2. The van der Waals surface area contributed by atoms with E-state index in [0.717, 1.165) is 0 Å². The van der Waals surface area contributed by atoms with E-state index in [1.54, 1.807) is 50.3 Å². The first kappa shape index (κ1) is 38.7. The van der Waals surface area contributed by atoms with Crippen molar-refractivity contribution in [2.24, 2.45) is 41.4 Å². The number of allylic oxidation sites excluding steroid dienone is 2. The number of benzene rings is 2. The summed E-state index contributed by atoms with van der Waals surface area (Å²) in [5.74, 6) is -6.12. The third kappa shape index (κ3) is 4.97. The largest absolute Gasteiger partial charge is 0.456 e. The van der Waals surface area contributed by atoms with Gasteiger partial charge in [0.05, 0.1) is 22.9 Å². The number of esters is 2. The lowest BCUT2D eigenvalue weighted by molar-refractivity contribution is -0.595. The Morgan fingerprint density at radius 3 is 2.26 bits per heavy atom. The standard InChI is InChI=1S/C46H54O12/c1-24-22-32-43(51)35(24)54-33(47)19-13-12-18-31(53-39(48)27-14-8-6-9-15-27)30-21-20-28(25(30)2)23-41(4,50)45(52)36-26(3)44(32)34(37-42(5,55-37)40(43)49)38(45)57-46(56-36,58-44)29-16-10-7-11-17-29/h6-19,24-26,28,30-32,34-38,40,49-52H,20-23H2,1-5H3/t24-,25-,26+,28+,30-,31-,32+,34-,35-,36-,37-,38+,40+,41+,42-,43+,44-,45-,46-/m0/s1. The van der Waals surface area contributed by atoms with Crippen LogP contribution in [0.2, 0.25) is 0 Å². The Morgan fingerprint density at radius 1 is 0.845 bits per heavy atom. The molecule has 10 aliphatic rings. The molecule has 4 N–H and O–H groups in total. The molecule has 310 valence electrons. The summed E-state index contributed by atoms with van der Waals surface area (Å²) in [4.78, 5) is 27.2. The molecule has 6 aliphatic heterocycles. The molecule has 6 heterocycles. The van der Waals surface area contributed by atoms with E-state index in [4.69, 9.17) is 28.4 Å². The number of rotatable bonds is 3. The van der Waals surface area contributed by atoms with Gasteiger partial charge in [-0.2, -0.15) is 0 Å². The highest BCUT2D eigenvalue weighted by atomic mass is 16.9. The molecular formula is C46H54O12. The van der Waals surface area contributed by atoms with Crippen LogP contribution in [0, 0.1) is 41.4 Å². The Hall–Kier alpha value is -3.46. The Labute approximate surface area is 338 Å². The molecule has 4 saturated heterocycles. The van der Waals surface area contributed by atoms with Crippen LogP contribution in [0.1, 0.15) is 76.2 Å². The van der Waals surface area contributed by atoms with Crippen molar-refractivity contribution in [1.82, 2.24) is 0 Å². The van der Waals surface area contributed by atoms with Crippen molar-refractivity contribution >= 4 is 11.9 Å². The lowest BCUT2D eigenvalue weighted by Gasteiger charge is -2.74. The van der Waals surface area contributed by atoms with Gasteiger partial charge in [0.15, 0.2) is 0 Å². The summed E-state index contributed by atoms with van der Waals surface area (Å²) >= 11 is 0. The first-order valence-corrected chi connectivity index (χ1v) is 21.0. The van der Waals surface area contributed by atoms with Gasteiger partial charge in [0.25, 0.3) is 0 Å². The number of carbonyl (C=O) groups is 2. The maximum absolute atomic E-state index is 13.7. The molecule has 12 heteroatoms. The second-order valence-electron chi connectivity index (χ2n) is 19.0. The lowest BCUT2D eigenvalue weighted by Crippen LogP contribution is -2.89. The van der Waals surface area contributed by atoms with Crippen LogP contribution in [0.3, 0.4) is 0 Å². The Morgan fingerprint density at radius 2 is 1.53 bits per heavy atom. The van der Waals surface area contributed by atoms with Crippen molar-refractivity contribution in [2.45, 2.75) is 131 Å². The van der Waals surface area contributed by atoms with Crippen LogP contribution < -0.4 is 0 Å². The number of fused-ring (bicyclic) bond motifs is 6. The van der Waals surface area contributed by atoms with Crippen molar-refractivity contribution in [3.8, 4) is 0 Å². The predicted molar refractivity (Wildman–Crippen MR) is 205 cm³/mol. The van der Waals surface area contributed by atoms with Crippen molar-refractivity contribution < 1.29 is 58.4 Å². The van der Waals surface area contributed by atoms with Crippen molar-refractivity contribution in [3.05, 3.63) is 96.1 Å². The minimum atomic E-state index is -2.07. The fourth-order valence-corrected chi connectivity index (χ4v) is 13.2. The Bertz CT molecular complexity index is 2040. The summed E-state index contributed by atoms with van der Waals surface area (Å²) in [5.41, 5.74) is -7.62. The molecule has 58 heavy (non-hydrogen) atoms. The number of aliphatic hydroxyl groups is 4. The molecule has 4 aliphatic carbocycles. The summed E-state index contributed by atoms with van der Waals surface area (Å²) in [6.07, 6.45) is 1.70. The van der Waals surface area contributed by atoms with E-state index in [9.17, 15) is 30.0 Å². The second-order valence-corrected chi connectivity index (χ2v) is 19.0. The molecule has 19 atom stereocenters. The molecule has 2 aromatic carbocycles. The highest BCUT2D eigenvalue weighted by molar-refractivity contribution is 5.89. The highest BCUT2D eigenvalue weighted by Crippen LogP contribution is 2.75. The zero-order chi connectivity index (χ0) is 40.8. The van der Waals surface area contributed by atoms with Crippen LogP contribution in [0.5, 0.6) is 0 Å². The van der Waals surface area contributed by atoms with Gasteiger partial charge in [-0.1, -0.05) is 81.5 Å². The highest BCUT2D eigenvalue weighted by Gasteiger charge is 2.90. The van der Waals surface area contributed by atoms with Gasteiger partial charge in [-0.15, -0.1) is 0 Å². The lowest BCUT2D eigenvalue weighted by atomic mass is 9.49. The van der Waals surface area contributed by atoms with Crippen LogP contribution in [-0.4, -0.2) is 97.0 Å². The van der Waals surface area contributed by atoms with E-state index in [1.807, 2.05) is 50.2 Å². The molecule has 12 rings (SSSR count). The Kier molecular flexibility index (Phi) is 8.53. The van der Waals surface area contributed by atoms with Gasteiger partial charge in [0.2, 0.25) is 0 Å². The van der Waals surface area contributed by atoms with Crippen molar-refractivity contribution in [2.75, 3.05) is 0 Å². The smallest absolute Gasteiger partial charge is 0.338 e. The fraction of sp³-hybridized carbons (Fsp3) is 0.609. The van der Waals surface area contributed by atoms with Crippen LogP contribution in [0.25, 0.3) is 0 Å². The molecule has 11 bridgehead atoms. The number of aliphatic hydroxyl groups excluding tert-OH is 1. The molecule has 2 aromatic rings. The first-order chi connectivity index (χ1) is 27.5. The van der Waals surface area contributed by atoms with E-state index in [0.29, 0.717) is 30.4 Å². The van der Waals surface area contributed by atoms with Crippen LogP contribution >= 0.6 is 0 Å². The van der Waals surface area contributed by atoms with Gasteiger partial charge in [-0.3, -0.25) is 0 Å². The molecule has 0 amide bonds. The zero-order valence-electron chi connectivity index (χ0n) is 33.5. The van der Waals surface area contributed by atoms with E-state index in [-0.39, 0.29) is 24.2 Å². The van der Waals surface area contributed by atoms with Crippen molar-refractivity contribution in [3.63, 3.8) is 0 Å². The van der Waals surface area contributed by atoms with Crippen LogP contribution in [0.4, 0.5) is 0 Å². The summed E-state index contributed by atoms with van der Waals surface area (Å²) < 4.78 is 39.9. The van der Waals surface area contributed by atoms with E-state index in [2.05, 4.69) is 6.92 Å². The number of hydrogen-bond acceptors (Lipinski definition) is 12. The number of carbonyl (C=O) groups excluding carboxylic acids is 2. The number of epoxide rings is 1. The summed E-state index contributed by atoms with van der Waals surface area (Å²) in [5, 5.41) is 52.3. The molecule has 0 radical (unpaired) electrons. The number of hydrogen-bond donors (Lipinski definition) is 4. The number of ether oxygens (including phenoxy) is 6. The van der Waals surface area contributed by atoms with Gasteiger partial charge >= 0.3 is 17.9 Å². The molecular weight excluding hydrogens is 744 g/mol. The molecule has 0 unspecified atom stereocenters. The minimum Gasteiger partial charge on any atom is -0.456 e. The van der Waals surface area contributed by atoms with Gasteiger partial charge in [-0.05, 0) is 75.5 Å². The molecule has 12 nitrogen and oxygen atoms in total. The molecule has 8 fully saturated rings. The average Bonchev–Trinajstić information content (AvgIpc) is 3.68. The van der Waals surface area contributed by atoms with Gasteiger partial charge in [0, 0.05) is 35.3 Å². The van der Waals surface area contributed by atoms with E-state index >= 15 is 0 Å². The van der Waals surface area contributed by atoms with Gasteiger partial charge in [0.1, 0.15) is 47.3 Å². The Balaban J connectivity index is 1.13. The first-order valence-electron chi connectivity index (χ1n) is 21.0. The molecule has 4 saturated carbocycles. The van der Waals surface area contributed by atoms with Gasteiger partial charge in [-0.25, -0.2) is 9.59 Å². The molecule has 1 spiro atoms. The zero-order valence-corrected chi connectivity index (χ0v) is 33.5. The predicted octanol–water partition coefficient (Wildman–Crippen LogP) is 4.33.